The molecule has 28 heavy (non-hydrogen) atoms. The van der Waals surface area contributed by atoms with Gasteiger partial charge >= 0.3 is 0 Å². The van der Waals surface area contributed by atoms with Crippen LogP contribution < -0.4 is 10.6 Å². The highest BCUT2D eigenvalue weighted by molar-refractivity contribution is 14.0. The molecule has 0 amide bonds. The molecule has 0 aliphatic rings. The number of nitrogens with zero attached hydrogens (tertiary/aromatic N) is 4. The molecule has 2 atom stereocenters. The van der Waals surface area contributed by atoms with Crippen LogP contribution in [0.2, 0.25) is 0 Å². The number of guanidine groups is 1. The third-order valence-corrected chi connectivity index (χ3v) is 5.00. The minimum atomic E-state index is 0. The van der Waals surface area contributed by atoms with Gasteiger partial charge in [-0.3, -0.25) is 9.67 Å². The summed E-state index contributed by atoms with van der Waals surface area (Å²) in [5.41, 5.74) is 5.72. The lowest BCUT2D eigenvalue weighted by Crippen LogP contribution is -2.43. The smallest absolute Gasteiger partial charge is 0.191 e. The second-order valence-electron chi connectivity index (χ2n) is 7.38. The molecule has 158 valence electrons. The van der Waals surface area contributed by atoms with E-state index in [4.69, 9.17) is 9.52 Å². The lowest BCUT2D eigenvalue weighted by molar-refractivity contribution is 0.391. The summed E-state index contributed by atoms with van der Waals surface area (Å²) in [5, 5.41) is 15.4. The van der Waals surface area contributed by atoms with Gasteiger partial charge in [0, 0.05) is 43.4 Å². The van der Waals surface area contributed by atoms with Crippen LogP contribution in [0.25, 0.3) is 0 Å². The van der Waals surface area contributed by atoms with Gasteiger partial charge in [0.1, 0.15) is 5.76 Å². The topological polar surface area (TPSA) is 80.3 Å². The largest absolute Gasteiger partial charge is 0.361 e. The van der Waals surface area contributed by atoms with Crippen molar-refractivity contribution in [1.82, 2.24) is 25.6 Å². The summed E-state index contributed by atoms with van der Waals surface area (Å²) in [6.07, 6.45) is 0.912. The fourth-order valence-corrected chi connectivity index (χ4v) is 3.54. The highest BCUT2D eigenvalue weighted by Crippen LogP contribution is 2.23. The Morgan fingerprint density at radius 2 is 1.86 bits per heavy atom. The first kappa shape index (κ1) is 24.5. The van der Waals surface area contributed by atoms with E-state index in [1.165, 1.54) is 11.3 Å². The van der Waals surface area contributed by atoms with Gasteiger partial charge in [-0.25, -0.2) is 0 Å². The zero-order chi connectivity index (χ0) is 20.1. The Morgan fingerprint density at radius 3 is 2.36 bits per heavy atom. The third-order valence-electron chi connectivity index (χ3n) is 5.00. The van der Waals surface area contributed by atoms with Crippen LogP contribution in [0.15, 0.2) is 9.52 Å². The zero-order valence-electron chi connectivity index (χ0n) is 18.4. The monoisotopic (exact) mass is 502 g/mol. The molecule has 7 nitrogen and oxygen atoms in total. The number of hydrogen-bond donors (Lipinski definition) is 2. The van der Waals surface area contributed by atoms with Crippen LogP contribution in [0.1, 0.15) is 60.7 Å². The van der Waals surface area contributed by atoms with Gasteiger partial charge in [0.05, 0.1) is 11.4 Å². The summed E-state index contributed by atoms with van der Waals surface area (Å²) in [5.74, 6) is 1.97. The minimum Gasteiger partial charge on any atom is -0.361 e. The van der Waals surface area contributed by atoms with Crippen LogP contribution in [0, 0.1) is 27.7 Å². The number of aryl methyl sites for hydroxylation is 4. The van der Waals surface area contributed by atoms with Crippen molar-refractivity contribution in [3.63, 3.8) is 0 Å². The van der Waals surface area contributed by atoms with E-state index in [1.54, 1.807) is 0 Å². The molecule has 0 aromatic carbocycles. The Hall–Kier alpha value is -1.58. The fourth-order valence-electron chi connectivity index (χ4n) is 3.54. The summed E-state index contributed by atoms with van der Waals surface area (Å²) in [6.45, 7) is 16.0. The molecule has 0 saturated heterocycles. The Labute approximate surface area is 185 Å². The number of nitrogens with one attached hydrogen (secondary N) is 2. The van der Waals surface area contributed by atoms with Crippen LogP contribution in [0.5, 0.6) is 0 Å². The second-order valence-corrected chi connectivity index (χ2v) is 7.38. The van der Waals surface area contributed by atoms with Crippen molar-refractivity contribution in [3.8, 4) is 0 Å². The number of hydrogen-bond acceptors (Lipinski definition) is 4. The molecule has 0 radical (unpaired) electrons. The molecule has 8 heteroatoms. The summed E-state index contributed by atoms with van der Waals surface area (Å²) in [4.78, 5) is 4.79. The van der Waals surface area contributed by atoms with Crippen molar-refractivity contribution < 1.29 is 4.52 Å². The van der Waals surface area contributed by atoms with E-state index >= 15 is 0 Å². The standard InChI is InChI=1S/C20H34N6O.HI/c1-9-21-20(22-11-12(2)19-15(5)25-27-17(19)7)23-13(3)10-18-14(4)24-26(8)16(18)6;/h12-13H,9-11H2,1-8H3,(H2,21,22,23);1H. The predicted octanol–water partition coefficient (Wildman–Crippen LogP) is 3.55. The van der Waals surface area contributed by atoms with E-state index < -0.39 is 0 Å². The molecule has 2 aromatic heterocycles. The molecule has 0 fully saturated rings. The molecule has 2 aromatic rings. The average molecular weight is 502 g/mol. The van der Waals surface area contributed by atoms with Gasteiger partial charge in [-0.05, 0) is 53.5 Å². The summed E-state index contributed by atoms with van der Waals surface area (Å²) in [7, 11) is 1.99. The van der Waals surface area contributed by atoms with Gasteiger partial charge in [-0.1, -0.05) is 12.1 Å². The Balaban J connectivity index is 0.00000392. The molecule has 0 spiro atoms. The van der Waals surface area contributed by atoms with Crippen molar-refractivity contribution in [3.05, 3.63) is 34.0 Å². The second kappa shape index (κ2) is 10.8. The summed E-state index contributed by atoms with van der Waals surface area (Å²) < 4.78 is 7.23. The van der Waals surface area contributed by atoms with E-state index in [2.05, 4.69) is 55.5 Å². The molecule has 2 N–H and O–H groups in total. The van der Waals surface area contributed by atoms with Gasteiger partial charge in [-0.2, -0.15) is 5.10 Å². The van der Waals surface area contributed by atoms with E-state index in [1.807, 2.05) is 25.6 Å². The maximum absolute atomic E-state index is 5.29. The van der Waals surface area contributed by atoms with Crippen LogP contribution in [0.3, 0.4) is 0 Å². The van der Waals surface area contributed by atoms with Crippen molar-refractivity contribution in [2.75, 3.05) is 13.1 Å². The lowest BCUT2D eigenvalue weighted by Gasteiger charge is -2.19. The Morgan fingerprint density at radius 1 is 1.18 bits per heavy atom. The van der Waals surface area contributed by atoms with Crippen molar-refractivity contribution in [2.45, 2.75) is 66.8 Å². The van der Waals surface area contributed by atoms with Gasteiger partial charge in [0.2, 0.25) is 0 Å². The number of halogens is 1. The van der Waals surface area contributed by atoms with Crippen LogP contribution in [0.4, 0.5) is 0 Å². The number of rotatable bonds is 7. The molecule has 2 heterocycles. The Bertz CT molecular complexity index is 775. The zero-order valence-corrected chi connectivity index (χ0v) is 20.7. The van der Waals surface area contributed by atoms with E-state index in [0.29, 0.717) is 6.54 Å². The fraction of sp³-hybridized carbons (Fsp3) is 0.650. The van der Waals surface area contributed by atoms with Gasteiger partial charge in [0.25, 0.3) is 0 Å². The maximum Gasteiger partial charge on any atom is 0.191 e. The molecule has 0 aliphatic heterocycles. The maximum atomic E-state index is 5.29. The quantitative estimate of drug-likeness (QED) is 0.344. The molecular weight excluding hydrogens is 467 g/mol. The van der Waals surface area contributed by atoms with Crippen LogP contribution in [-0.4, -0.2) is 40.0 Å². The molecule has 2 rings (SSSR count). The first-order chi connectivity index (χ1) is 12.7. The van der Waals surface area contributed by atoms with Crippen LogP contribution >= 0.6 is 24.0 Å². The van der Waals surface area contributed by atoms with Crippen molar-refractivity contribution in [2.24, 2.45) is 12.0 Å². The van der Waals surface area contributed by atoms with Crippen LogP contribution in [-0.2, 0) is 13.5 Å². The SMILES string of the molecule is CCNC(=NCC(C)c1c(C)noc1C)NC(C)Cc1c(C)nn(C)c1C.I. The van der Waals surface area contributed by atoms with Gasteiger partial charge < -0.3 is 15.2 Å². The highest BCUT2D eigenvalue weighted by Gasteiger charge is 2.17. The minimum absolute atomic E-state index is 0. The first-order valence-corrected chi connectivity index (χ1v) is 9.71. The molecular formula is C20H35IN6O. The van der Waals surface area contributed by atoms with Gasteiger partial charge in [0.15, 0.2) is 5.96 Å². The van der Waals surface area contributed by atoms with Crippen molar-refractivity contribution in [1.29, 1.82) is 0 Å². The molecule has 2 unspecified atom stereocenters. The summed E-state index contributed by atoms with van der Waals surface area (Å²) in [6, 6.07) is 0.249. The highest BCUT2D eigenvalue weighted by atomic mass is 127. The molecule has 0 saturated carbocycles. The number of aromatic nitrogens is 3. The normalized spacial score (nSPS) is 13.8. The van der Waals surface area contributed by atoms with E-state index in [-0.39, 0.29) is 35.9 Å². The van der Waals surface area contributed by atoms with Crippen molar-refractivity contribution >= 4 is 29.9 Å². The van der Waals surface area contributed by atoms with Gasteiger partial charge in [-0.15, -0.1) is 24.0 Å². The average Bonchev–Trinajstić information content (AvgIpc) is 3.06. The van der Waals surface area contributed by atoms with E-state index in [0.717, 1.165) is 41.6 Å². The lowest BCUT2D eigenvalue weighted by atomic mass is 10.00. The first-order valence-electron chi connectivity index (χ1n) is 9.71. The molecule has 0 aliphatic carbocycles. The predicted molar refractivity (Wildman–Crippen MR) is 125 cm³/mol. The number of aliphatic imine (C=N–C) groups is 1. The summed E-state index contributed by atoms with van der Waals surface area (Å²) >= 11 is 0. The van der Waals surface area contributed by atoms with E-state index in [9.17, 15) is 0 Å². The third kappa shape index (κ3) is 5.96. The Kier molecular flexibility index (Phi) is 9.46. The molecule has 0 bridgehead atoms.